The Bertz CT molecular complexity index is 388. The minimum Gasteiger partial charge on any atom is -0.313 e. The minimum atomic E-state index is 0.447. The molecule has 2 atom stereocenters. The maximum Gasteiger partial charge on any atom is 0.186 e. The lowest BCUT2D eigenvalue weighted by Gasteiger charge is -2.40. The standard InChI is InChI=1S/C13H24N4S/c1-5-14-10-6-7-13(2,3)8-11(10)18-12-15-9-16-17(12)4/h9-11,14H,5-8H2,1-4H3. The van der Waals surface area contributed by atoms with E-state index in [4.69, 9.17) is 0 Å². The van der Waals surface area contributed by atoms with Gasteiger partial charge < -0.3 is 5.32 Å². The number of nitrogens with zero attached hydrogens (tertiary/aromatic N) is 3. The maximum absolute atomic E-state index is 4.34. The lowest BCUT2D eigenvalue weighted by atomic mass is 9.75. The van der Waals surface area contributed by atoms with Gasteiger partial charge in [-0.2, -0.15) is 5.10 Å². The van der Waals surface area contributed by atoms with Crippen LogP contribution in [-0.4, -0.2) is 32.6 Å². The van der Waals surface area contributed by atoms with Crippen molar-refractivity contribution in [3.05, 3.63) is 6.33 Å². The number of aryl methyl sites for hydroxylation is 1. The van der Waals surface area contributed by atoms with Crippen molar-refractivity contribution in [2.75, 3.05) is 6.54 Å². The Hall–Kier alpha value is -0.550. The van der Waals surface area contributed by atoms with E-state index in [2.05, 4.69) is 36.2 Å². The molecule has 1 aromatic heterocycles. The summed E-state index contributed by atoms with van der Waals surface area (Å²) in [6.07, 6.45) is 5.44. The molecule has 0 aromatic carbocycles. The number of hydrogen-bond donors (Lipinski definition) is 1. The fourth-order valence-electron chi connectivity index (χ4n) is 2.67. The number of hydrogen-bond acceptors (Lipinski definition) is 4. The number of rotatable bonds is 4. The Kier molecular flexibility index (Phi) is 4.33. The van der Waals surface area contributed by atoms with Crippen LogP contribution in [0, 0.1) is 5.41 Å². The smallest absolute Gasteiger partial charge is 0.186 e. The summed E-state index contributed by atoms with van der Waals surface area (Å²) in [5.41, 5.74) is 0.447. The predicted molar refractivity (Wildman–Crippen MR) is 75.7 cm³/mol. The lowest BCUT2D eigenvalue weighted by molar-refractivity contribution is 0.215. The highest BCUT2D eigenvalue weighted by molar-refractivity contribution is 7.99. The number of aromatic nitrogens is 3. The molecule has 1 aromatic rings. The van der Waals surface area contributed by atoms with Crippen LogP contribution in [0.1, 0.15) is 40.0 Å². The number of thioether (sulfide) groups is 1. The second-order valence-electron chi connectivity index (χ2n) is 5.89. The largest absolute Gasteiger partial charge is 0.313 e. The van der Waals surface area contributed by atoms with E-state index in [0.717, 1.165) is 11.7 Å². The van der Waals surface area contributed by atoms with E-state index in [-0.39, 0.29) is 0 Å². The van der Waals surface area contributed by atoms with E-state index in [1.165, 1.54) is 19.3 Å². The van der Waals surface area contributed by atoms with Gasteiger partial charge >= 0.3 is 0 Å². The zero-order chi connectivity index (χ0) is 13.2. The summed E-state index contributed by atoms with van der Waals surface area (Å²) < 4.78 is 1.87. The van der Waals surface area contributed by atoms with Crippen molar-refractivity contribution in [2.24, 2.45) is 12.5 Å². The average molecular weight is 268 g/mol. The molecule has 102 valence electrons. The normalized spacial score (nSPS) is 27.3. The van der Waals surface area contributed by atoms with Gasteiger partial charge in [0.15, 0.2) is 5.16 Å². The van der Waals surface area contributed by atoms with Gasteiger partial charge in [-0.05, 0) is 31.2 Å². The van der Waals surface area contributed by atoms with Crippen LogP contribution in [0.3, 0.4) is 0 Å². The molecule has 1 N–H and O–H groups in total. The van der Waals surface area contributed by atoms with E-state index >= 15 is 0 Å². The van der Waals surface area contributed by atoms with E-state index in [1.807, 2.05) is 23.5 Å². The first-order chi connectivity index (χ1) is 8.52. The maximum atomic E-state index is 4.34. The van der Waals surface area contributed by atoms with Crippen molar-refractivity contribution in [3.8, 4) is 0 Å². The van der Waals surface area contributed by atoms with Gasteiger partial charge in [-0.1, -0.05) is 32.5 Å². The van der Waals surface area contributed by atoms with Crippen molar-refractivity contribution >= 4 is 11.8 Å². The quantitative estimate of drug-likeness (QED) is 0.911. The zero-order valence-corrected chi connectivity index (χ0v) is 12.6. The van der Waals surface area contributed by atoms with Crippen LogP contribution in [-0.2, 0) is 7.05 Å². The van der Waals surface area contributed by atoms with E-state index in [0.29, 0.717) is 16.7 Å². The first-order valence-electron chi connectivity index (χ1n) is 6.76. The summed E-state index contributed by atoms with van der Waals surface area (Å²) in [6, 6.07) is 0.602. The molecule has 1 aliphatic rings. The molecule has 5 heteroatoms. The molecule has 1 heterocycles. The van der Waals surface area contributed by atoms with Gasteiger partial charge in [0, 0.05) is 18.3 Å². The van der Waals surface area contributed by atoms with Crippen molar-refractivity contribution in [1.82, 2.24) is 20.1 Å². The van der Waals surface area contributed by atoms with Crippen molar-refractivity contribution in [3.63, 3.8) is 0 Å². The van der Waals surface area contributed by atoms with Crippen LogP contribution < -0.4 is 5.32 Å². The SMILES string of the molecule is CCNC1CCC(C)(C)CC1Sc1ncnn1C. The minimum absolute atomic E-state index is 0.447. The molecule has 0 bridgehead atoms. The first-order valence-corrected chi connectivity index (χ1v) is 7.64. The lowest BCUT2D eigenvalue weighted by Crippen LogP contribution is -2.44. The number of nitrogens with one attached hydrogen (secondary N) is 1. The van der Waals surface area contributed by atoms with E-state index in [1.54, 1.807) is 6.33 Å². The molecule has 18 heavy (non-hydrogen) atoms. The van der Waals surface area contributed by atoms with Crippen LogP contribution in [0.5, 0.6) is 0 Å². The van der Waals surface area contributed by atoms with E-state index in [9.17, 15) is 0 Å². The third-order valence-electron chi connectivity index (χ3n) is 3.73. The molecular weight excluding hydrogens is 244 g/mol. The molecular formula is C13H24N4S. The third-order valence-corrected chi connectivity index (χ3v) is 5.11. The predicted octanol–water partition coefficient (Wildman–Crippen LogP) is 2.46. The first kappa shape index (κ1) is 13.9. The van der Waals surface area contributed by atoms with Crippen LogP contribution in [0.25, 0.3) is 0 Å². The molecule has 4 nitrogen and oxygen atoms in total. The second kappa shape index (κ2) is 5.61. The molecule has 0 radical (unpaired) electrons. The topological polar surface area (TPSA) is 42.7 Å². The fraction of sp³-hybridized carbons (Fsp3) is 0.846. The second-order valence-corrected chi connectivity index (χ2v) is 7.10. The summed E-state index contributed by atoms with van der Waals surface area (Å²) >= 11 is 1.88. The highest BCUT2D eigenvalue weighted by atomic mass is 32.2. The Morgan fingerprint density at radius 3 is 2.94 bits per heavy atom. The van der Waals surface area contributed by atoms with Crippen LogP contribution in [0.2, 0.25) is 0 Å². The Morgan fingerprint density at radius 1 is 1.56 bits per heavy atom. The average Bonchev–Trinajstić information content (AvgIpc) is 2.68. The molecule has 0 saturated heterocycles. The molecule has 2 unspecified atom stereocenters. The Morgan fingerprint density at radius 2 is 2.33 bits per heavy atom. The summed E-state index contributed by atoms with van der Waals surface area (Å²) in [6.45, 7) is 7.98. The van der Waals surface area contributed by atoms with Gasteiger partial charge in [0.05, 0.1) is 0 Å². The molecule has 0 amide bonds. The van der Waals surface area contributed by atoms with Crippen LogP contribution >= 0.6 is 11.8 Å². The highest BCUT2D eigenvalue weighted by Crippen LogP contribution is 2.42. The molecule has 0 spiro atoms. The monoisotopic (exact) mass is 268 g/mol. The molecule has 0 aliphatic heterocycles. The third kappa shape index (κ3) is 3.26. The zero-order valence-electron chi connectivity index (χ0n) is 11.8. The van der Waals surface area contributed by atoms with Crippen LogP contribution in [0.4, 0.5) is 0 Å². The summed E-state index contributed by atoms with van der Waals surface area (Å²) in [5.74, 6) is 0. The van der Waals surface area contributed by atoms with Crippen molar-refractivity contribution in [1.29, 1.82) is 0 Å². The van der Waals surface area contributed by atoms with Gasteiger partial charge in [-0.3, -0.25) is 0 Å². The Balaban J connectivity index is 2.07. The van der Waals surface area contributed by atoms with E-state index < -0.39 is 0 Å². The summed E-state index contributed by atoms with van der Waals surface area (Å²) in [4.78, 5) is 4.34. The summed E-state index contributed by atoms with van der Waals surface area (Å²) in [5, 5.41) is 9.40. The highest BCUT2D eigenvalue weighted by Gasteiger charge is 2.35. The van der Waals surface area contributed by atoms with Gasteiger partial charge in [0.25, 0.3) is 0 Å². The molecule has 1 saturated carbocycles. The van der Waals surface area contributed by atoms with Crippen molar-refractivity contribution < 1.29 is 0 Å². The van der Waals surface area contributed by atoms with Gasteiger partial charge in [-0.25, -0.2) is 9.67 Å². The summed E-state index contributed by atoms with van der Waals surface area (Å²) in [7, 11) is 1.96. The molecule has 1 aliphatic carbocycles. The molecule has 1 fully saturated rings. The Labute approximate surface area is 114 Å². The van der Waals surface area contributed by atoms with Gasteiger partial charge in [0.1, 0.15) is 6.33 Å². The van der Waals surface area contributed by atoms with Gasteiger partial charge in [0.2, 0.25) is 0 Å². The fourth-order valence-corrected chi connectivity index (χ4v) is 4.18. The van der Waals surface area contributed by atoms with Gasteiger partial charge in [-0.15, -0.1) is 0 Å². The van der Waals surface area contributed by atoms with Crippen LogP contribution in [0.15, 0.2) is 11.5 Å². The van der Waals surface area contributed by atoms with Crippen molar-refractivity contribution in [2.45, 2.75) is 56.5 Å². The molecule has 2 rings (SSSR count).